The monoisotopic (exact) mass is 164 g/mol. The molecule has 0 aromatic heterocycles. The molecule has 0 aromatic rings. The number of rotatable bonds is 2. The van der Waals surface area contributed by atoms with Crippen LogP contribution in [-0.4, -0.2) is 11.1 Å². The van der Waals surface area contributed by atoms with Gasteiger partial charge in [-0.05, 0) is 4.48 Å². The van der Waals surface area contributed by atoms with E-state index >= 15 is 0 Å². The molecule has 0 rings (SSSR count). The maximum atomic E-state index is 9.72. The highest BCUT2D eigenvalue weighted by atomic mass is 79.9. The van der Waals surface area contributed by atoms with Gasteiger partial charge in [-0.3, -0.25) is 4.79 Å². The molecule has 7 heavy (non-hydrogen) atoms. The highest BCUT2D eigenvalue weighted by molar-refractivity contribution is 9.11. The number of halogens is 1. The van der Waals surface area contributed by atoms with Crippen LogP contribution in [0.2, 0.25) is 0 Å². The van der Waals surface area contributed by atoms with Crippen molar-refractivity contribution in [1.29, 1.82) is 0 Å². The molecule has 0 aliphatic heterocycles. The van der Waals surface area contributed by atoms with E-state index in [9.17, 15) is 4.79 Å². The van der Waals surface area contributed by atoms with E-state index in [1.165, 1.54) is 0 Å². The molecule has 2 nitrogen and oxygen atoms in total. The van der Waals surface area contributed by atoms with E-state index in [4.69, 9.17) is 5.11 Å². The number of aliphatic carboxylic acids is 1. The second kappa shape index (κ2) is 2.80. The lowest BCUT2D eigenvalue weighted by Gasteiger charge is -1.84. The lowest BCUT2D eigenvalue weighted by molar-refractivity contribution is -0.136. The van der Waals surface area contributed by atoms with Crippen molar-refractivity contribution in [2.24, 2.45) is 0 Å². The molecule has 0 fully saturated rings. The predicted molar refractivity (Wildman–Crippen MR) is 30.3 cm³/mol. The van der Waals surface area contributed by atoms with Crippen LogP contribution in [0.25, 0.3) is 0 Å². The summed E-state index contributed by atoms with van der Waals surface area (Å²) in [5.41, 5.74) is 0. The van der Waals surface area contributed by atoms with Crippen molar-refractivity contribution < 1.29 is 9.90 Å². The lowest BCUT2D eigenvalue weighted by Crippen LogP contribution is -1.91. The fourth-order valence-corrected chi connectivity index (χ4v) is 0.404. The van der Waals surface area contributed by atoms with Gasteiger partial charge in [0.25, 0.3) is 0 Å². The molecule has 0 atom stereocenters. The Balaban J connectivity index is 3.32. The Kier molecular flexibility index (Phi) is 2.67. The Morgan fingerprint density at radius 2 is 2.29 bits per heavy atom. The Morgan fingerprint density at radius 1 is 1.86 bits per heavy atom. The van der Waals surface area contributed by atoms with Crippen molar-refractivity contribution in [3.8, 4) is 0 Å². The molecule has 0 unspecified atom stereocenters. The molecule has 0 bridgehead atoms. The topological polar surface area (TPSA) is 37.3 Å². The SMILES string of the molecule is C=C(Br)CC(=O)O. The van der Waals surface area contributed by atoms with Gasteiger partial charge in [0, 0.05) is 0 Å². The van der Waals surface area contributed by atoms with E-state index in [1.807, 2.05) is 0 Å². The third-order valence-electron chi connectivity index (χ3n) is 0.343. The Morgan fingerprint density at radius 3 is 2.29 bits per heavy atom. The van der Waals surface area contributed by atoms with Gasteiger partial charge in [0.15, 0.2) is 0 Å². The molecule has 0 saturated carbocycles. The van der Waals surface area contributed by atoms with Gasteiger partial charge in [-0.1, -0.05) is 22.5 Å². The van der Waals surface area contributed by atoms with Crippen LogP contribution >= 0.6 is 15.9 Å². The Bertz CT molecular complexity index is 85.9. The molecular formula is C4H5BrO2. The summed E-state index contributed by atoms with van der Waals surface area (Å²) in [6, 6.07) is 0. The third kappa shape index (κ3) is 5.69. The van der Waals surface area contributed by atoms with Crippen molar-refractivity contribution in [3.05, 3.63) is 11.1 Å². The summed E-state index contributed by atoms with van der Waals surface area (Å²) in [7, 11) is 0. The predicted octanol–water partition coefficient (Wildman–Crippen LogP) is 1.37. The van der Waals surface area contributed by atoms with Gasteiger partial charge in [0.1, 0.15) is 0 Å². The summed E-state index contributed by atoms with van der Waals surface area (Å²) in [6.07, 6.45) is 0. The first-order valence-corrected chi connectivity index (χ1v) is 2.47. The van der Waals surface area contributed by atoms with Crippen LogP contribution in [0.5, 0.6) is 0 Å². The summed E-state index contributed by atoms with van der Waals surface area (Å²) in [6.45, 7) is 3.33. The fourth-order valence-electron chi connectivity index (χ4n) is 0.164. The van der Waals surface area contributed by atoms with Gasteiger partial charge in [-0.2, -0.15) is 0 Å². The average Bonchev–Trinajstić information content (AvgIpc) is 1.27. The molecule has 3 heteroatoms. The molecule has 0 saturated heterocycles. The van der Waals surface area contributed by atoms with Crippen molar-refractivity contribution in [3.63, 3.8) is 0 Å². The lowest BCUT2D eigenvalue weighted by atomic mass is 10.4. The molecule has 0 heterocycles. The van der Waals surface area contributed by atoms with E-state index < -0.39 is 5.97 Å². The van der Waals surface area contributed by atoms with Crippen LogP contribution in [0.4, 0.5) is 0 Å². The second-order valence-corrected chi connectivity index (χ2v) is 2.21. The smallest absolute Gasteiger partial charge is 0.308 e. The van der Waals surface area contributed by atoms with Crippen LogP contribution in [0.15, 0.2) is 11.1 Å². The van der Waals surface area contributed by atoms with Gasteiger partial charge in [-0.25, -0.2) is 0 Å². The summed E-state index contributed by atoms with van der Waals surface area (Å²) >= 11 is 2.90. The Hall–Kier alpha value is -0.310. The van der Waals surface area contributed by atoms with Gasteiger partial charge < -0.3 is 5.11 Å². The number of carboxylic acid groups (broad SMARTS) is 1. The van der Waals surface area contributed by atoms with Gasteiger partial charge in [-0.15, -0.1) is 0 Å². The number of hydrogen-bond donors (Lipinski definition) is 1. The van der Waals surface area contributed by atoms with E-state index in [0.29, 0.717) is 4.48 Å². The highest BCUT2D eigenvalue weighted by Gasteiger charge is 1.94. The minimum absolute atomic E-state index is 0. The number of hydrogen-bond acceptors (Lipinski definition) is 1. The van der Waals surface area contributed by atoms with Crippen molar-refractivity contribution in [1.82, 2.24) is 0 Å². The second-order valence-electron chi connectivity index (χ2n) is 1.09. The zero-order chi connectivity index (χ0) is 5.86. The van der Waals surface area contributed by atoms with Crippen molar-refractivity contribution in [2.45, 2.75) is 6.42 Å². The number of carbonyl (C=O) groups is 1. The molecule has 40 valence electrons. The molecule has 0 amide bonds. The largest absolute Gasteiger partial charge is 0.481 e. The van der Waals surface area contributed by atoms with Crippen molar-refractivity contribution in [2.75, 3.05) is 0 Å². The van der Waals surface area contributed by atoms with Gasteiger partial charge >= 0.3 is 5.97 Å². The zero-order valence-electron chi connectivity index (χ0n) is 3.65. The van der Waals surface area contributed by atoms with Gasteiger partial charge in [0.05, 0.1) is 6.42 Å². The summed E-state index contributed by atoms with van der Waals surface area (Å²) < 4.78 is 0.500. The van der Waals surface area contributed by atoms with Crippen LogP contribution in [0.3, 0.4) is 0 Å². The normalized spacial score (nSPS) is 8.14. The summed E-state index contributed by atoms with van der Waals surface area (Å²) in [5, 5.41) is 7.99. The minimum atomic E-state index is -0.859. The number of carboxylic acids is 1. The molecule has 0 radical (unpaired) electrons. The molecule has 0 aliphatic carbocycles. The molecule has 1 N–H and O–H groups in total. The zero-order valence-corrected chi connectivity index (χ0v) is 5.23. The van der Waals surface area contributed by atoms with Crippen molar-refractivity contribution >= 4 is 21.9 Å². The van der Waals surface area contributed by atoms with E-state index in [0.717, 1.165) is 0 Å². The molecule has 0 aromatic carbocycles. The molecular weight excluding hydrogens is 160 g/mol. The first kappa shape index (κ1) is 6.69. The van der Waals surface area contributed by atoms with Gasteiger partial charge in [0.2, 0.25) is 0 Å². The van der Waals surface area contributed by atoms with Crippen LogP contribution < -0.4 is 0 Å². The van der Waals surface area contributed by atoms with Crippen LogP contribution in [-0.2, 0) is 4.79 Å². The molecule has 0 spiro atoms. The third-order valence-corrected chi connectivity index (χ3v) is 0.623. The maximum Gasteiger partial charge on any atom is 0.308 e. The van der Waals surface area contributed by atoms with Crippen LogP contribution in [0, 0.1) is 0 Å². The van der Waals surface area contributed by atoms with E-state index in [-0.39, 0.29) is 6.42 Å². The standard InChI is InChI=1S/C4H5BrO2/c1-3(5)2-4(6)7/h1-2H2,(H,6,7). The van der Waals surface area contributed by atoms with E-state index in [1.54, 1.807) is 0 Å². The highest BCUT2D eigenvalue weighted by Crippen LogP contribution is 2.04. The summed E-state index contributed by atoms with van der Waals surface area (Å²) in [4.78, 5) is 9.72. The van der Waals surface area contributed by atoms with E-state index in [2.05, 4.69) is 22.5 Å². The summed E-state index contributed by atoms with van der Waals surface area (Å²) in [5.74, 6) is -0.859. The Labute approximate surface area is 50.0 Å². The quantitative estimate of drug-likeness (QED) is 0.670. The first-order chi connectivity index (χ1) is 3.13. The first-order valence-electron chi connectivity index (χ1n) is 1.68. The maximum absolute atomic E-state index is 9.72. The van der Waals surface area contributed by atoms with Crippen LogP contribution in [0.1, 0.15) is 6.42 Å². The minimum Gasteiger partial charge on any atom is -0.481 e. The molecule has 0 aliphatic rings. The fraction of sp³-hybridized carbons (Fsp3) is 0.250. The average molecular weight is 165 g/mol.